The summed E-state index contributed by atoms with van der Waals surface area (Å²) in [5.41, 5.74) is 6.21. The molecule has 0 aliphatic heterocycles. The van der Waals surface area contributed by atoms with Crippen LogP contribution in [0.15, 0.2) is 12.4 Å². The largest absolute Gasteiger partial charge is 0.466 e. The summed E-state index contributed by atoms with van der Waals surface area (Å²) in [7, 11) is 0. The standard InChI is InChI=1S/C13H23N3O2/c1-4-13(10-14,12(17)18-6-3)7-11-8-15-16(5-2)9-11/h8-9H,4-7,10,14H2,1-3H3. The third kappa shape index (κ3) is 3.10. The van der Waals surface area contributed by atoms with Crippen molar-refractivity contribution in [1.29, 1.82) is 0 Å². The van der Waals surface area contributed by atoms with E-state index in [1.54, 1.807) is 6.20 Å². The minimum Gasteiger partial charge on any atom is -0.466 e. The summed E-state index contributed by atoms with van der Waals surface area (Å²) in [6.07, 6.45) is 5.00. The summed E-state index contributed by atoms with van der Waals surface area (Å²) < 4.78 is 6.99. The molecule has 0 aromatic carbocycles. The Balaban J connectivity index is 2.87. The van der Waals surface area contributed by atoms with Crippen LogP contribution in [0.3, 0.4) is 0 Å². The zero-order valence-corrected chi connectivity index (χ0v) is 11.5. The van der Waals surface area contributed by atoms with E-state index in [0.717, 1.165) is 12.1 Å². The highest BCUT2D eigenvalue weighted by atomic mass is 16.5. The predicted octanol–water partition coefficient (Wildman–Crippen LogP) is 1.36. The van der Waals surface area contributed by atoms with Crippen LogP contribution in [0.4, 0.5) is 0 Å². The fourth-order valence-electron chi connectivity index (χ4n) is 1.99. The van der Waals surface area contributed by atoms with E-state index >= 15 is 0 Å². The van der Waals surface area contributed by atoms with Crippen LogP contribution in [0.1, 0.15) is 32.8 Å². The molecule has 0 bridgehead atoms. The molecule has 0 saturated carbocycles. The second-order valence-corrected chi connectivity index (χ2v) is 4.44. The Morgan fingerprint density at radius 1 is 1.50 bits per heavy atom. The molecule has 0 amide bonds. The molecule has 18 heavy (non-hydrogen) atoms. The zero-order chi connectivity index (χ0) is 13.6. The predicted molar refractivity (Wildman–Crippen MR) is 70.0 cm³/mol. The van der Waals surface area contributed by atoms with Gasteiger partial charge in [0, 0.05) is 19.3 Å². The molecule has 0 radical (unpaired) electrons. The van der Waals surface area contributed by atoms with Crippen LogP contribution in [-0.2, 0) is 22.5 Å². The topological polar surface area (TPSA) is 70.1 Å². The van der Waals surface area contributed by atoms with Crippen LogP contribution in [-0.4, -0.2) is 28.9 Å². The molecule has 1 unspecified atom stereocenters. The van der Waals surface area contributed by atoms with Gasteiger partial charge >= 0.3 is 5.97 Å². The summed E-state index contributed by atoms with van der Waals surface area (Å²) in [5.74, 6) is -0.209. The summed E-state index contributed by atoms with van der Waals surface area (Å²) in [5, 5.41) is 4.22. The lowest BCUT2D eigenvalue weighted by Crippen LogP contribution is -2.41. The molecule has 0 spiro atoms. The van der Waals surface area contributed by atoms with Gasteiger partial charge in [0.2, 0.25) is 0 Å². The average molecular weight is 253 g/mol. The number of carbonyl (C=O) groups excluding carboxylic acids is 1. The summed E-state index contributed by atoms with van der Waals surface area (Å²) >= 11 is 0. The maximum atomic E-state index is 12.1. The number of hydrogen-bond donors (Lipinski definition) is 1. The first kappa shape index (κ1) is 14.7. The minimum absolute atomic E-state index is 0.209. The molecule has 5 heteroatoms. The molecule has 0 saturated heterocycles. The lowest BCUT2D eigenvalue weighted by Gasteiger charge is -2.28. The van der Waals surface area contributed by atoms with E-state index < -0.39 is 5.41 Å². The second-order valence-electron chi connectivity index (χ2n) is 4.44. The van der Waals surface area contributed by atoms with Crippen molar-refractivity contribution in [2.24, 2.45) is 11.1 Å². The number of esters is 1. The van der Waals surface area contributed by atoms with Crippen LogP contribution in [0, 0.1) is 5.41 Å². The fourth-order valence-corrected chi connectivity index (χ4v) is 1.99. The number of ether oxygens (including phenoxy) is 1. The first-order chi connectivity index (χ1) is 8.61. The van der Waals surface area contributed by atoms with Gasteiger partial charge < -0.3 is 10.5 Å². The Morgan fingerprint density at radius 2 is 2.22 bits per heavy atom. The highest BCUT2D eigenvalue weighted by Gasteiger charge is 2.37. The number of hydrogen-bond acceptors (Lipinski definition) is 4. The van der Waals surface area contributed by atoms with Crippen molar-refractivity contribution in [1.82, 2.24) is 9.78 Å². The van der Waals surface area contributed by atoms with Crippen molar-refractivity contribution in [3.8, 4) is 0 Å². The highest BCUT2D eigenvalue weighted by Crippen LogP contribution is 2.27. The van der Waals surface area contributed by atoms with Gasteiger partial charge in [-0.2, -0.15) is 5.10 Å². The molecule has 2 N–H and O–H groups in total. The van der Waals surface area contributed by atoms with Gasteiger partial charge in [-0.3, -0.25) is 9.48 Å². The number of rotatable bonds is 7. The Morgan fingerprint density at radius 3 is 2.67 bits per heavy atom. The van der Waals surface area contributed by atoms with Crippen molar-refractivity contribution >= 4 is 5.97 Å². The molecular weight excluding hydrogens is 230 g/mol. The average Bonchev–Trinajstić information content (AvgIpc) is 2.84. The van der Waals surface area contributed by atoms with Gasteiger partial charge in [0.1, 0.15) is 0 Å². The molecule has 5 nitrogen and oxygen atoms in total. The first-order valence-electron chi connectivity index (χ1n) is 6.50. The number of nitrogens with zero attached hydrogens (tertiary/aromatic N) is 2. The zero-order valence-electron chi connectivity index (χ0n) is 11.5. The molecule has 0 fully saturated rings. The molecule has 1 aromatic rings. The van der Waals surface area contributed by atoms with Crippen molar-refractivity contribution in [3.63, 3.8) is 0 Å². The third-order valence-electron chi connectivity index (χ3n) is 3.33. The first-order valence-corrected chi connectivity index (χ1v) is 6.50. The Labute approximate surface area is 108 Å². The van der Waals surface area contributed by atoms with E-state index in [0.29, 0.717) is 26.0 Å². The summed E-state index contributed by atoms with van der Waals surface area (Å²) in [4.78, 5) is 12.1. The van der Waals surface area contributed by atoms with Crippen LogP contribution >= 0.6 is 0 Å². The minimum atomic E-state index is -0.627. The van der Waals surface area contributed by atoms with Gasteiger partial charge in [-0.15, -0.1) is 0 Å². The van der Waals surface area contributed by atoms with E-state index in [2.05, 4.69) is 5.10 Å². The molecule has 0 aliphatic carbocycles. The van der Waals surface area contributed by atoms with E-state index in [4.69, 9.17) is 10.5 Å². The third-order valence-corrected chi connectivity index (χ3v) is 3.33. The van der Waals surface area contributed by atoms with E-state index in [1.165, 1.54) is 0 Å². The fraction of sp³-hybridized carbons (Fsp3) is 0.692. The monoisotopic (exact) mass is 253 g/mol. The summed E-state index contributed by atoms with van der Waals surface area (Å²) in [6, 6.07) is 0. The van der Waals surface area contributed by atoms with Crippen LogP contribution < -0.4 is 5.73 Å². The lowest BCUT2D eigenvalue weighted by atomic mass is 9.80. The maximum absolute atomic E-state index is 12.1. The molecule has 1 rings (SSSR count). The van der Waals surface area contributed by atoms with Gasteiger partial charge in [0.05, 0.1) is 18.2 Å². The summed E-state index contributed by atoms with van der Waals surface area (Å²) in [6.45, 7) is 7.30. The van der Waals surface area contributed by atoms with Crippen molar-refractivity contribution in [3.05, 3.63) is 18.0 Å². The maximum Gasteiger partial charge on any atom is 0.313 e. The number of aryl methyl sites for hydroxylation is 1. The van der Waals surface area contributed by atoms with Gasteiger partial charge in [0.15, 0.2) is 0 Å². The lowest BCUT2D eigenvalue weighted by molar-refractivity contribution is -0.155. The van der Waals surface area contributed by atoms with Crippen LogP contribution in [0.5, 0.6) is 0 Å². The number of aromatic nitrogens is 2. The molecule has 1 atom stereocenters. The Kier molecular flexibility index (Phi) is 5.34. The normalized spacial score (nSPS) is 14.2. The number of nitrogens with two attached hydrogens (primary N) is 1. The molecule has 0 aliphatic rings. The van der Waals surface area contributed by atoms with Crippen molar-refractivity contribution in [2.45, 2.75) is 40.2 Å². The van der Waals surface area contributed by atoms with Gasteiger partial charge in [-0.05, 0) is 32.3 Å². The highest BCUT2D eigenvalue weighted by molar-refractivity contribution is 5.77. The van der Waals surface area contributed by atoms with E-state index in [1.807, 2.05) is 31.6 Å². The molecule has 1 aromatic heterocycles. The van der Waals surface area contributed by atoms with Gasteiger partial charge in [-0.25, -0.2) is 0 Å². The number of carbonyl (C=O) groups is 1. The van der Waals surface area contributed by atoms with Crippen LogP contribution in [0.2, 0.25) is 0 Å². The SMILES string of the molecule is CCOC(=O)C(CC)(CN)Cc1cnn(CC)c1. The Hall–Kier alpha value is -1.36. The molecule has 1 heterocycles. The van der Waals surface area contributed by atoms with Gasteiger partial charge in [-0.1, -0.05) is 6.92 Å². The quantitative estimate of drug-likeness (QED) is 0.745. The molecular formula is C13H23N3O2. The Bertz CT molecular complexity index is 383. The molecule has 102 valence electrons. The van der Waals surface area contributed by atoms with Gasteiger partial charge in [0.25, 0.3) is 0 Å². The second kappa shape index (κ2) is 6.54. The van der Waals surface area contributed by atoms with E-state index in [9.17, 15) is 4.79 Å². The smallest absolute Gasteiger partial charge is 0.313 e. The van der Waals surface area contributed by atoms with Crippen molar-refractivity contribution in [2.75, 3.05) is 13.2 Å². The van der Waals surface area contributed by atoms with E-state index in [-0.39, 0.29) is 5.97 Å². The van der Waals surface area contributed by atoms with Crippen LogP contribution in [0.25, 0.3) is 0 Å². The van der Waals surface area contributed by atoms with Crippen molar-refractivity contribution < 1.29 is 9.53 Å².